The van der Waals surface area contributed by atoms with Crippen molar-refractivity contribution in [3.63, 3.8) is 0 Å². The van der Waals surface area contributed by atoms with Crippen LogP contribution in [0.3, 0.4) is 0 Å². The molecule has 7 heteroatoms. The molecule has 0 saturated carbocycles. The van der Waals surface area contributed by atoms with Crippen molar-refractivity contribution in [2.45, 2.75) is 20.0 Å². The molecule has 0 radical (unpaired) electrons. The molecule has 0 saturated heterocycles. The van der Waals surface area contributed by atoms with Crippen LogP contribution in [0.2, 0.25) is 0 Å². The zero-order valence-corrected chi connectivity index (χ0v) is 13.8. The Bertz CT molecular complexity index is 709. The van der Waals surface area contributed by atoms with Gasteiger partial charge in [-0.3, -0.25) is 4.79 Å². The van der Waals surface area contributed by atoms with Crippen molar-refractivity contribution in [1.29, 1.82) is 0 Å². The number of guanidine groups is 1. The molecule has 1 aromatic carbocycles. The van der Waals surface area contributed by atoms with E-state index < -0.39 is 5.91 Å². The predicted octanol–water partition coefficient (Wildman–Crippen LogP) is 1.64. The number of rotatable bonds is 7. The van der Waals surface area contributed by atoms with Gasteiger partial charge < -0.3 is 25.5 Å². The van der Waals surface area contributed by atoms with E-state index >= 15 is 0 Å². The summed E-state index contributed by atoms with van der Waals surface area (Å²) in [6, 6.07) is 11.0. The number of furan rings is 1. The normalized spacial score (nSPS) is 11.2. The fourth-order valence-electron chi connectivity index (χ4n) is 2.06. The molecular formula is C17H22N4O3. The Hall–Kier alpha value is -2.96. The highest BCUT2D eigenvalue weighted by Gasteiger charge is 2.07. The molecule has 0 atom stereocenters. The van der Waals surface area contributed by atoms with Crippen LogP contribution in [-0.4, -0.2) is 25.5 Å². The molecule has 0 fully saturated rings. The Morgan fingerprint density at radius 3 is 2.79 bits per heavy atom. The average molecular weight is 330 g/mol. The van der Waals surface area contributed by atoms with Gasteiger partial charge >= 0.3 is 0 Å². The number of ether oxygens (including phenoxy) is 1. The number of carbonyl (C=O) groups excluding carboxylic acids is 1. The molecule has 1 amide bonds. The Balaban J connectivity index is 1.97. The maximum atomic E-state index is 11.0. The van der Waals surface area contributed by atoms with Gasteiger partial charge in [-0.2, -0.15) is 0 Å². The van der Waals surface area contributed by atoms with Crippen LogP contribution in [0, 0.1) is 0 Å². The first-order chi connectivity index (χ1) is 11.6. The molecule has 0 aliphatic rings. The molecule has 2 rings (SSSR count). The molecule has 7 nitrogen and oxygen atoms in total. The average Bonchev–Trinajstić information content (AvgIpc) is 3.07. The largest absolute Gasteiger partial charge is 0.497 e. The quantitative estimate of drug-likeness (QED) is 0.529. The molecule has 0 spiro atoms. The Morgan fingerprint density at radius 2 is 2.12 bits per heavy atom. The molecule has 0 aliphatic heterocycles. The van der Waals surface area contributed by atoms with Crippen molar-refractivity contribution < 1.29 is 13.9 Å². The van der Waals surface area contributed by atoms with E-state index in [0.717, 1.165) is 17.9 Å². The first-order valence-electron chi connectivity index (χ1n) is 7.66. The second-order valence-corrected chi connectivity index (χ2v) is 5.03. The highest BCUT2D eigenvalue weighted by molar-refractivity contribution is 5.89. The minimum Gasteiger partial charge on any atom is -0.497 e. The van der Waals surface area contributed by atoms with Crippen molar-refractivity contribution in [3.05, 3.63) is 53.5 Å². The lowest BCUT2D eigenvalue weighted by atomic mass is 10.2. The van der Waals surface area contributed by atoms with E-state index in [-0.39, 0.29) is 5.76 Å². The van der Waals surface area contributed by atoms with E-state index in [1.165, 1.54) is 0 Å². The van der Waals surface area contributed by atoms with E-state index in [1.807, 2.05) is 31.2 Å². The lowest BCUT2D eigenvalue weighted by molar-refractivity contribution is 0.0972. The van der Waals surface area contributed by atoms with Crippen molar-refractivity contribution in [1.82, 2.24) is 10.6 Å². The van der Waals surface area contributed by atoms with E-state index in [9.17, 15) is 4.79 Å². The minimum atomic E-state index is -0.583. The summed E-state index contributed by atoms with van der Waals surface area (Å²) in [6.07, 6.45) is 0. The summed E-state index contributed by atoms with van der Waals surface area (Å²) < 4.78 is 10.5. The third-order valence-electron chi connectivity index (χ3n) is 3.23. The van der Waals surface area contributed by atoms with Crippen LogP contribution >= 0.6 is 0 Å². The highest BCUT2D eigenvalue weighted by Crippen LogP contribution is 2.13. The van der Waals surface area contributed by atoms with Gasteiger partial charge in [0.05, 0.1) is 20.2 Å². The number of nitrogens with two attached hydrogens (primary N) is 1. The number of nitrogens with zero attached hydrogens (tertiary/aromatic N) is 1. The fraction of sp³-hybridized carbons (Fsp3) is 0.294. The molecule has 0 unspecified atom stereocenters. The van der Waals surface area contributed by atoms with Gasteiger partial charge in [0.15, 0.2) is 11.7 Å². The Morgan fingerprint density at radius 1 is 1.29 bits per heavy atom. The highest BCUT2D eigenvalue weighted by atomic mass is 16.5. The van der Waals surface area contributed by atoms with Crippen LogP contribution < -0.4 is 21.1 Å². The van der Waals surface area contributed by atoms with Gasteiger partial charge in [0.2, 0.25) is 0 Å². The predicted molar refractivity (Wildman–Crippen MR) is 91.9 cm³/mol. The molecule has 2 aromatic rings. The van der Waals surface area contributed by atoms with Crippen molar-refractivity contribution in [3.8, 4) is 5.75 Å². The van der Waals surface area contributed by atoms with Gasteiger partial charge in [0.25, 0.3) is 5.91 Å². The summed E-state index contributed by atoms with van der Waals surface area (Å²) in [7, 11) is 1.64. The second-order valence-electron chi connectivity index (χ2n) is 5.03. The maximum absolute atomic E-state index is 11.0. The molecule has 0 aliphatic carbocycles. The number of primary amides is 1. The number of methoxy groups -OCH3 is 1. The van der Waals surface area contributed by atoms with Crippen LogP contribution in [0.25, 0.3) is 0 Å². The van der Waals surface area contributed by atoms with Crippen molar-refractivity contribution in [2.24, 2.45) is 10.7 Å². The SMILES string of the molecule is CCNC(=NCc1cccc(OC)c1)NCc1ccc(C(N)=O)o1. The summed E-state index contributed by atoms with van der Waals surface area (Å²) in [4.78, 5) is 15.5. The smallest absolute Gasteiger partial charge is 0.284 e. The number of amides is 1. The lowest BCUT2D eigenvalue weighted by Gasteiger charge is -2.10. The monoisotopic (exact) mass is 330 g/mol. The number of hydrogen-bond donors (Lipinski definition) is 3. The fourth-order valence-corrected chi connectivity index (χ4v) is 2.06. The minimum absolute atomic E-state index is 0.144. The lowest BCUT2D eigenvalue weighted by Crippen LogP contribution is -2.36. The van der Waals surface area contributed by atoms with Gasteiger partial charge in [-0.1, -0.05) is 12.1 Å². The summed E-state index contributed by atoms with van der Waals surface area (Å²) >= 11 is 0. The summed E-state index contributed by atoms with van der Waals surface area (Å²) in [5.41, 5.74) is 6.21. The number of aliphatic imine (C=N–C) groups is 1. The van der Waals surface area contributed by atoms with Gasteiger partial charge in [0, 0.05) is 6.54 Å². The summed E-state index contributed by atoms with van der Waals surface area (Å²) in [5, 5.41) is 6.31. The summed E-state index contributed by atoms with van der Waals surface area (Å²) in [5.74, 6) is 1.62. The van der Waals surface area contributed by atoms with Gasteiger partial charge in [-0.15, -0.1) is 0 Å². The molecule has 24 heavy (non-hydrogen) atoms. The topological polar surface area (TPSA) is 102 Å². The van der Waals surface area contributed by atoms with Gasteiger partial charge in [-0.25, -0.2) is 4.99 Å². The van der Waals surface area contributed by atoms with Crippen LogP contribution in [0.1, 0.15) is 28.8 Å². The maximum Gasteiger partial charge on any atom is 0.284 e. The Labute approximate surface area is 140 Å². The molecule has 128 valence electrons. The van der Waals surface area contributed by atoms with E-state index in [4.69, 9.17) is 14.9 Å². The van der Waals surface area contributed by atoms with Crippen molar-refractivity contribution >= 4 is 11.9 Å². The first kappa shape index (κ1) is 17.4. The van der Waals surface area contributed by atoms with Gasteiger partial charge in [-0.05, 0) is 36.8 Å². The van der Waals surface area contributed by atoms with Crippen molar-refractivity contribution in [2.75, 3.05) is 13.7 Å². The number of nitrogens with one attached hydrogen (secondary N) is 2. The molecule has 0 bridgehead atoms. The van der Waals surface area contributed by atoms with E-state index in [1.54, 1.807) is 19.2 Å². The number of hydrogen-bond acceptors (Lipinski definition) is 4. The summed E-state index contributed by atoms with van der Waals surface area (Å²) in [6.45, 7) is 3.63. The zero-order valence-electron chi connectivity index (χ0n) is 13.8. The molecular weight excluding hydrogens is 308 g/mol. The molecule has 4 N–H and O–H groups in total. The third kappa shape index (κ3) is 5.05. The van der Waals surface area contributed by atoms with Crippen LogP contribution in [0.5, 0.6) is 5.75 Å². The van der Waals surface area contributed by atoms with E-state index in [2.05, 4.69) is 15.6 Å². The zero-order chi connectivity index (χ0) is 17.4. The second kappa shape index (κ2) is 8.61. The standard InChI is InChI=1S/C17H22N4O3/c1-3-19-17(20-10-12-5-4-6-13(9-12)23-2)21-11-14-7-8-15(24-14)16(18)22/h4-9H,3,10-11H2,1-2H3,(H2,18,22)(H2,19,20,21). The first-order valence-corrected chi connectivity index (χ1v) is 7.66. The molecule has 1 aromatic heterocycles. The third-order valence-corrected chi connectivity index (χ3v) is 3.23. The van der Waals surface area contributed by atoms with Crippen LogP contribution in [0.4, 0.5) is 0 Å². The number of carbonyl (C=O) groups is 1. The van der Waals surface area contributed by atoms with Gasteiger partial charge in [0.1, 0.15) is 11.5 Å². The number of benzene rings is 1. The Kier molecular flexibility index (Phi) is 6.24. The van der Waals surface area contributed by atoms with Crippen LogP contribution in [-0.2, 0) is 13.1 Å². The van der Waals surface area contributed by atoms with E-state index in [0.29, 0.717) is 24.8 Å². The van der Waals surface area contributed by atoms with Crippen LogP contribution in [0.15, 0.2) is 45.8 Å². The molecule has 1 heterocycles.